The largest absolute Gasteiger partial charge is 0.344 e. The van der Waals surface area contributed by atoms with Crippen LogP contribution in [0.1, 0.15) is 43.0 Å². The summed E-state index contributed by atoms with van der Waals surface area (Å²) in [5, 5.41) is 2.54. The number of rotatable bonds is 13. The maximum atomic E-state index is 4.39. The minimum absolute atomic E-state index is 0.962. The Hall–Kier alpha value is -7.68. The molecule has 0 saturated heterocycles. The summed E-state index contributed by atoms with van der Waals surface area (Å²) in [5.74, 6) is 0. The predicted octanol–water partition coefficient (Wildman–Crippen LogP) is 16.8. The molecule has 0 aliphatic carbocycles. The summed E-state index contributed by atoms with van der Waals surface area (Å²) >= 11 is 0. The molecule has 0 unspecified atom stereocenters. The number of hydrogen-bond acceptors (Lipinski definition) is 1. The highest BCUT2D eigenvalue weighted by atomic mass is 15.1. The van der Waals surface area contributed by atoms with E-state index in [0.29, 0.717) is 0 Å². The molecular formula is C61H54N2. The molecule has 0 atom stereocenters. The van der Waals surface area contributed by atoms with E-state index in [0.717, 1.165) is 44.9 Å². The number of aryl methyl sites for hydroxylation is 2. The second-order valence-electron chi connectivity index (χ2n) is 16.1. The van der Waals surface area contributed by atoms with E-state index in [1.165, 1.54) is 55.2 Å². The molecule has 0 fully saturated rings. The van der Waals surface area contributed by atoms with Gasteiger partial charge in [0.15, 0.2) is 0 Å². The van der Waals surface area contributed by atoms with E-state index < -0.39 is 0 Å². The van der Waals surface area contributed by atoms with Gasteiger partial charge in [0.2, 0.25) is 0 Å². The number of para-hydroxylation sites is 1. The van der Waals surface area contributed by atoms with Gasteiger partial charge >= 0.3 is 0 Å². The van der Waals surface area contributed by atoms with E-state index >= 15 is 0 Å². The van der Waals surface area contributed by atoms with Crippen molar-refractivity contribution in [2.75, 3.05) is 4.90 Å². The highest BCUT2D eigenvalue weighted by Crippen LogP contribution is 2.38. The Morgan fingerprint density at radius 3 is 2.05 bits per heavy atom. The topological polar surface area (TPSA) is 8.17 Å². The zero-order valence-electron chi connectivity index (χ0n) is 37.0. The van der Waals surface area contributed by atoms with Gasteiger partial charge in [-0.05, 0) is 138 Å². The first-order chi connectivity index (χ1) is 30.8. The van der Waals surface area contributed by atoms with Crippen LogP contribution in [-0.2, 0) is 7.05 Å². The number of anilines is 1. The molecule has 8 rings (SSSR count). The molecule has 0 aliphatic heterocycles. The summed E-state index contributed by atoms with van der Waals surface area (Å²) in [5.41, 5.74) is 18.5. The smallest absolute Gasteiger partial charge is 0.0495 e. The van der Waals surface area contributed by atoms with Crippen molar-refractivity contribution in [1.82, 2.24) is 4.57 Å². The second-order valence-corrected chi connectivity index (χ2v) is 16.1. The molecule has 0 saturated carbocycles. The summed E-state index contributed by atoms with van der Waals surface area (Å²) < 4.78 is 2.30. The van der Waals surface area contributed by atoms with Gasteiger partial charge in [-0.3, -0.25) is 0 Å². The first-order valence-corrected chi connectivity index (χ1v) is 21.7. The standard InChI is InChI=1S/C61H54N2/c1-7-9-10-11-13-22-48-41-54(50-24-14-12-15-25-50)43-56(42-48)63(55(8-2)37-32-45(4)49-33-35-51(36-34-49)52-26-18-21-44(3)38-52)46(5)39-47-23-19-27-53(40-47)57-29-20-31-60-61(57)58-28-16-17-30-59(58)62(60)6/h7-43H,2H2,1,3-6H3/b9-7-,11-10-,22-13+,45-32+,46-39-,55-37+. The zero-order chi connectivity index (χ0) is 43.7. The van der Waals surface area contributed by atoms with Crippen molar-refractivity contribution < 1.29 is 0 Å². The van der Waals surface area contributed by atoms with Crippen molar-refractivity contribution in [3.8, 4) is 33.4 Å². The Labute approximate surface area is 373 Å². The molecule has 7 aromatic carbocycles. The lowest BCUT2D eigenvalue weighted by Crippen LogP contribution is -2.19. The van der Waals surface area contributed by atoms with Crippen LogP contribution in [0.4, 0.5) is 5.69 Å². The minimum Gasteiger partial charge on any atom is -0.344 e. The van der Waals surface area contributed by atoms with Crippen molar-refractivity contribution in [2.45, 2.75) is 27.7 Å². The van der Waals surface area contributed by atoms with E-state index in [1.807, 2.05) is 25.2 Å². The SMILES string of the molecule is C=C/C(=C\C=C(/C)c1ccc(-c2cccc(C)c2)cc1)N(/C(C)=C\c1cccc(-c2cccc3c2c2ccccc2n3C)c1)c1cc(/C=C/C=C\C=C/C)cc(-c2ccccc2)c1. The molecule has 0 bridgehead atoms. The Bertz CT molecular complexity index is 3110. The van der Waals surface area contributed by atoms with Crippen LogP contribution in [0.3, 0.4) is 0 Å². The van der Waals surface area contributed by atoms with Gasteiger partial charge < -0.3 is 9.47 Å². The molecule has 2 heteroatoms. The molecule has 0 spiro atoms. The molecule has 1 aromatic heterocycles. The maximum absolute atomic E-state index is 4.39. The van der Waals surface area contributed by atoms with Crippen molar-refractivity contribution in [2.24, 2.45) is 7.05 Å². The number of aromatic nitrogens is 1. The van der Waals surface area contributed by atoms with Crippen LogP contribution < -0.4 is 4.90 Å². The number of fused-ring (bicyclic) bond motifs is 3. The molecule has 2 nitrogen and oxygen atoms in total. The summed E-state index contributed by atoms with van der Waals surface area (Å²) in [6.07, 6.45) is 21.1. The molecule has 0 N–H and O–H groups in total. The van der Waals surface area contributed by atoms with Gasteiger partial charge in [-0.1, -0.05) is 182 Å². The Morgan fingerprint density at radius 2 is 1.25 bits per heavy atom. The Kier molecular flexibility index (Phi) is 12.9. The third-order valence-electron chi connectivity index (χ3n) is 11.6. The average Bonchev–Trinajstić information content (AvgIpc) is 3.61. The van der Waals surface area contributed by atoms with Gasteiger partial charge in [0.25, 0.3) is 0 Å². The van der Waals surface area contributed by atoms with Gasteiger partial charge in [0, 0.05) is 45.9 Å². The van der Waals surface area contributed by atoms with Crippen LogP contribution in [0.15, 0.2) is 230 Å². The maximum Gasteiger partial charge on any atom is 0.0495 e. The Balaban J connectivity index is 1.24. The fourth-order valence-corrected chi connectivity index (χ4v) is 8.46. The van der Waals surface area contributed by atoms with Crippen LogP contribution in [0.25, 0.3) is 72.9 Å². The molecular weight excluding hydrogens is 761 g/mol. The minimum atomic E-state index is 0.962. The number of benzene rings is 7. The lowest BCUT2D eigenvalue weighted by Gasteiger charge is -2.28. The zero-order valence-corrected chi connectivity index (χ0v) is 37.0. The summed E-state index contributed by atoms with van der Waals surface area (Å²) in [4.78, 5) is 2.33. The first kappa shape index (κ1) is 42.0. The van der Waals surface area contributed by atoms with Gasteiger partial charge in [0.1, 0.15) is 0 Å². The van der Waals surface area contributed by atoms with Crippen LogP contribution in [-0.4, -0.2) is 4.57 Å². The molecule has 63 heavy (non-hydrogen) atoms. The lowest BCUT2D eigenvalue weighted by atomic mass is 9.97. The fraction of sp³-hybridized carbons (Fsp3) is 0.0820. The quantitative estimate of drug-likeness (QED) is 0.105. The van der Waals surface area contributed by atoms with Crippen LogP contribution >= 0.6 is 0 Å². The molecule has 1 heterocycles. The molecule has 0 radical (unpaired) electrons. The number of nitrogens with zero attached hydrogens (tertiary/aromatic N) is 2. The molecule has 0 amide bonds. The van der Waals surface area contributed by atoms with Crippen molar-refractivity contribution in [3.05, 3.63) is 253 Å². The average molecular weight is 815 g/mol. The normalized spacial score (nSPS) is 12.7. The molecule has 308 valence electrons. The third-order valence-corrected chi connectivity index (χ3v) is 11.6. The van der Waals surface area contributed by atoms with E-state index in [9.17, 15) is 0 Å². The number of hydrogen-bond donors (Lipinski definition) is 0. The summed E-state index contributed by atoms with van der Waals surface area (Å²) in [6, 6.07) is 59.2. The van der Waals surface area contributed by atoms with E-state index in [1.54, 1.807) is 0 Å². The van der Waals surface area contributed by atoms with Crippen molar-refractivity contribution >= 4 is 45.2 Å². The fourth-order valence-electron chi connectivity index (χ4n) is 8.46. The second kappa shape index (κ2) is 19.4. The van der Waals surface area contributed by atoms with Crippen molar-refractivity contribution in [3.63, 3.8) is 0 Å². The van der Waals surface area contributed by atoms with Gasteiger partial charge in [-0.2, -0.15) is 0 Å². The predicted molar refractivity (Wildman–Crippen MR) is 275 cm³/mol. The Morgan fingerprint density at radius 1 is 0.571 bits per heavy atom. The van der Waals surface area contributed by atoms with E-state index in [2.05, 4.69) is 250 Å². The third kappa shape index (κ3) is 9.47. The lowest BCUT2D eigenvalue weighted by molar-refractivity contribution is 1.01. The monoisotopic (exact) mass is 814 g/mol. The van der Waals surface area contributed by atoms with Gasteiger partial charge in [-0.25, -0.2) is 0 Å². The van der Waals surface area contributed by atoms with Crippen LogP contribution in [0, 0.1) is 6.92 Å². The van der Waals surface area contributed by atoms with E-state index in [-0.39, 0.29) is 0 Å². The van der Waals surface area contributed by atoms with E-state index in [4.69, 9.17) is 0 Å². The van der Waals surface area contributed by atoms with Crippen molar-refractivity contribution in [1.29, 1.82) is 0 Å². The van der Waals surface area contributed by atoms with Crippen LogP contribution in [0.2, 0.25) is 0 Å². The number of allylic oxidation sites excluding steroid dienone is 10. The molecule has 0 aliphatic rings. The molecule has 8 aromatic rings. The van der Waals surface area contributed by atoms with Gasteiger partial charge in [0.05, 0.1) is 0 Å². The highest BCUT2D eigenvalue weighted by Gasteiger charge is 2.17. The summed E-state index contributed by atoms with van der Waals surface area (Å²) in [7, 11) is 2.16. The van der Waals surface area contributed by atoms with Gasteiger partial charge in [-0.15, -0.1) is 0 Å². The highest BCUT2D eigenvalue weighted by molar-refractivity contribution is 6.14. The van der Waals surface area contributed by atoms with Crippen LogP contribution in [0.5, 0.6) is 0 Å². The first-order valence-electron chi connectivity index (χ1n) is 21.7. The summed E-state index contributed by atoms with van der Waals surface area (Å²) in [6.45, 7) is 12.9.